The van der Waals surface area contributed by atoms with Crippen LogP contribution in [0, 0.1) is 5.92 Å². The van der Waals surface area contributed by atoms with Crippen LogP contribution in [0.15, 0.2) is 18.3 Å². The SMILES string of the molecule is COC(=O)C(C)CSCC(=O)Nc1cccnc1Cl. The highest BCUT2D eigenvalue weighted by atomic mass is 35.5. The van der Waals surface area contributed by atoms with Gasteiger partial charge in [-0.2, -0.15) is 11.8 Å². The lowest BCUT2D eigenvalue weighted by molar-refractivity contribution is -0.144. The van der Waals surface area contributed by atoms with Gasteiger partial charge in [0.1, 0.15) is 0 Å². The van der Waals surface area contributed by atoms with Crippen LogP contribution in [-0.2, 0) is 14.3 Å². The van der Waals surface area contributed by atoms with Crippen LogP contribution in [0.1, 0.15) is 6.92 Å². The Morgan fingerprint density at radius 2 is 2.32 bits per heavy atom. The molecule has 1 aromatic rings. The molecule has 104 valence electrons. The number of rotatable bonds is 6. The number of methoxy groups -OCH3 is 1. The van der Waals surface area contributed by atoms with Crippen molar-refractivity contribution in [1.29, 1.82) is 0 Å². The maximum Gasteiger partial charge on any atom is 0.309 e. The molecule has 0 fully saturated rings. The van der Waals surface area contributed by atoms with Gasteiger partial charge in [0.25, 0.3) is 0 Å². The Balaban J connectivity index is 2.33. The highest BCUT2D eigenvalue weighted by Crippen LogP contribution is 2.18. The number of esters is 1. The zero-order valence-electron chi connectivity index (χ0n) is 10.7. The van der Waals surface area contributed by atoms with Gasteiger partial charge in [0.05, 0.1) is 24.5 Å². The number of aromatic nitrogens is 1. The van der Waals surface area contributed by atoms with E-state index in [1.165, 1.54) is 18.9 Å². The number of hydrogen-bond donors (Lipinski definition) is 1. The molecule has 1 aromatic heterocycles. The second-order valence-corrected chi connectivity index (χ2v) is 5.22. The molecule has 0 aliphatic heterocycles. The molecule has 1 N–H and O–H groups in total. The van der Waals surface area contributed by atoms with E-state index in [1.54, 1.807) is 25.3 Å². The van der Waals surface area contributed by atoms with Crippen molar-refractivity contribution in [1.82, 2.24) is 4.98 Å². The molecule has 1 rings (SSSR count). The average molecular weight is 303 g/mol. The summed E-state index contributed by atoms with van der Waals surface area (Å²) in [5.41, 5.74) is 0.482. The lowest BCUT2D eigenvalue weighted by Gasteiger charge is -2.09. The predicted octanol–water partition coefficient (Wildman–Crippen LogP) is 2.22. The Hall–Kier alpha value is -1.27. The smallest absolute Gasteiger partial charge is 0.309 e. The molecule has 0 aliphatic rings. The molecule has 0 saturated heterocycles. The van der Waals surface area contributed by atoms with E-state index < -0.39 is 0 Å². The second-order valence-electron chi connectivity index (χ2n) is 3.83. The van der Waals surface area contributed by atoms with Crippen LogP contribution in [0.2, 0.25) is 5.15 Å². The minimum absolute atomic E-state index is 0.183. The molecule has 1 unspecified atom stereocenters. The summed E-state index contributed by atoms with van der Waals surface area (Å²) in [6.45, 7) is 1.76. The number of carbonyl (C=O) groups is 2. The molecule has 0 spiro atoms. The number of pyridine rings is 1. The topological polar surface area (TPSA) is 68.3 Å². The highest BCUT2D eigenvalue weighted by molar-refractivity contribution is 8.00. The van der Waals surface area contributed by atoms with Gasteiger partial charge < -0.3 is 10.1 Å². The van der Waals surface area contributed by atoms with E-state index in [1.807, 2.05) is 0 Å². The Morgan fingerprint density at radius 3 is 2.95 bits per heavy atom. The van der Waals surface area contributed by atoms with Crippen molar-refractivity contribution in [2.24, 2.45) is 5.92 Å². The van der Waals surface area contributed by atoms with Crippen molar-refractivity contribution < 1.29 is 14.3 Å². The number of carbonyl (C=O) groups excluding carboxylic acids is 2. The number of nitrogens with zero attached hydrogens (tertiary/aromatic N) is 1. The predicted molar refractivity (Wildman–Crippen MR) is 76.4 cm³/mol. The van der Waals surface area contributed by atoms with Gasteiger partial charge in [-0.3, -0.25) is 9.59 Å². The highest BCUT2D eigenvalue weighted by Gasteiger charge is 2.14. The number of amides is 1. The standard InChI is InChI=1S/C12H15ClN2O3S/c1-8(12(17)18-2)6-19-7-10(16)15-9-4-3-5-14-11(9)13/h3-5,8H,6-7H2,1-2H3,(H,15,16). The van der Waals surface area contributed by atoms with Crippen LogP contribution in [0.25, 0.3) is 0 Å². The summed E-state index contributed by atoms with van der Waals surface area (Å²) >= 11 is 7.18. The summed E-state index contributed by atoms with van der Waals surface area (Å²) in [5.74, 6) is 0.0814. The monoisotopic (exact) mass is 302 g/mol. The largest absolute Gasteiger partial charge is 0.469 e. The minimum atomic E-state index is -0.275. The molecule has 0 bridgehead atoms. The van der Waals surface area contributed by atoms with E-state index in [2.05, 4.69) is 15.0 Å². The first kappa shape index (κ1) is 15.8. The summed E-state index contributed by atoms with van der Waals surface area (Å²) in [7, 11) is 1.35. The van der Waals surface area contributed by atoms with E-state index in [-0.39, 0.29) is 28.7 Å². The van der Waals surface area contributed by atoms with Gasteiger partial charge >= 0.3 is 5.97 Å². The Labute approximate surface area is 121 Å². The van der Waals surface area contributed by atoms with Crippen LogP contribution >= 0.6 is 23.4 Å². The van der Waals surface area contributed by atoms with E-state index >= 15 is 0 Å². The molecule has 5 nitrogen and oxygen atoms in total. The lowest BCUT2D eigenvalue weighted by Crippen LogP contribution is -2.18. The van der Waals surface area contributed by atoms with Crippen LogP contribution in [0.3, 0.4) is 0 Å². The van der Waals surface area contributed by atoms with E-state index in [4.69, 9.17) is 11.6 Å². The molecule has 0 aliphatic carbocycles. The Kier molecular flexibility index (Phi) is 6.66. The summed E-state index contributed by atoms with van der Waals surface area (Å²) in [6, 6.07) is 3.36. The fourth-order valence-corrected chi connectivity index (χ4v) is 2.29. The maximum atomic E-state index is 11.7. The van der Waals surface area contributed by atoms with E-state index in [0.29, 0.717) is 11.4 Å². The third kappa shape index (κ3) is 5.48. The van der Waals surface area contributed by atoms with Gasteiger partial charge in [-0.05, 0) is 12.1 Å². The van der Waals surface area contributed by atoms with Gasteiger partial charge in [-0.1, -0.05) is 18.5 Å². The summed E-state index contributed by atoms with van der Waals surface area (Å²) in [5, 5.41) is 2.91. The zero-order chi connectivity index (χ0) is 14.3. The molecule has 0 radical (unpaired) electrons. The average Bonchev–Trinajstić information content (AvgIpc) is 2.40. The van der Waals surface area contributed by atoms with Gasteiger partial charge in [0.15, 0.2) is 5.15 Å². The Morgan fingerprint density at radius 1 is 1.58 bits per heavy atom. The fourth-order valence-electron chi connectivity index (χ4n) is 1.26. The van der Waals surface area contributed by atoms with Gasteiger partial charge in [0.2, 0.25) is 5.91 Å². The molecular formula is C12H15ClN2O3S. The number of thioether (sulfide) groups is 1. The number of anilines is 1. The molecule has 0 aromatic carbocycles. The molecule has 1 amide bonds. The Bertz CT molecular complexity index is 456. The van der Waals surface area contributed by atoms with Crippen molar-refractivity contribution >= 4 is 40.9 Å². The van der Waals surface area contributed by atoms with Crippen molar-refractivity contribution in [3.8, 4) is 0 Å². The summed E-state index contributed by atoms with van der Waals surface area (Å²) < 4.78 is 4.60. The van der Waals surface area contributed by atoms with Gasteiger partial charge in [0, 0.05) is 11.9 Å². The van der Waals surface area contributed by atoms with Crippen LogP contribution in [-0.4, -0.2) is 35.5 Å². The van der Waals surface area contributed by atoms with Crippen molar-refractivity contribution in [2.45, 2.75) is 6.92 Å². The normalized spacial score (nSPS) is 11.7. The number of ether oxygens (including phenoxy) is 1. The van der Waals surface area contributed by atoms with E-state index in [9.17, 15) is 9.59 Å². The second kappa shape index (κ2) is 8.01. The fraction of sp³-hybridized carbons (Fsp3) is 0.417. The molecular weight excluding hydrogens is 288 g/mol. The number of nitrogens with one attached hydrogen (secondary N) is 1. The number of hydrogen-bond acceptors (Lipinski definition) is 5. The maximum absolute atomic E-state index is 11.7. The lowest BCUT2D eigenvalue weighted by atomic mass is 10.2. The molecule has 1 heterocycles. The molecule has 1 atom stereocenters. The first-order valence-corrected chi connectivity index (χ1v) is 7.13. The first-order valence-electron chi connectivity index (χ1n) is 5.60. The number of halogens is 1. The quantitative estimate of drug-likeness (QED) is 0.644. The van der Waals surface area contributed by atoms with Crippen molar-refractivity contribution in [2.75, 3.05) is 23.9 Å². The van der Waals surface area contributed by atoms with Crippen LogP contribution < -0.4 is 5.32 Å². The summed E-state index contributed by atoms with van der Waals surface area (Å²) in [6.07, 6.45) is 1.55. The zero-order valence-corrected chi connectivity index (χ0v) is 12.3. The molecule has 7 heteroatoms. The van der Waals surface area contributed by atoms with E-state index in [0.717, 1.165) is 0 Å². The summed E-state index contributed by atoms with van der Waals surface area (Å²) in [4.78, 5) is 26.7. The van der Waals surface area contributed by atoms with Crippen LogP contribution in [0.4, 0.5) is 5.69 Å². The minimum Gasteiger partial charge on any atom is -0.469 e. The molecule has 0 saturated carbocycles. The third-order valence-electron chi connectivity index (χ3n) is 2.24. The van der Waals surface area contributed by atoms with Crippen molar-refractivity contribution in [3.05, 3.63) is 23.5 Å². The van der Waals surface area contributed by atoms with Crippen molar-refractivity contribution in [3.63, 3.8) is 0 Å². The van der Waals surface area contributed by atoms with Gasteiger partial charge in [-0.25, -0.2) is 4.98 Å². The first-order chi connectivity index (χ1) is 9.04. The van der Waals surface area contributed by atoms with Crippen LogP contribution in [0.5, 0.6) is 0 Å². The third-order valence-corrected chi connectivity index (χ3v) is 3.74. The van der Waals surface area contributed by atoms with Gasteiger partial charge in [-0.15, -0.1) is 0 Å². The molecule has 19 heavy (non-hydrogen) atoms.